The quantitative estimate of drug-likeness (QED) is 0.674. The standard InChI is InChI=1S/C20H22ClN3O3/c1-11(2)8-16-18(19(25)20(26)27-4)12(3)22-17-10-15(23-24(16)17)13-6-5-7-14(21)9-13/h5-7,9-11,19,25H,8H2,1-4H3. The monoisotopic (exact) mass is 387 g/mol. The molecule has 0 bridgehead atoms. The molecule has 0 saturated heterocycles. The van der Waals surface area contributed by atoms with Gasteiger partial charge in [-0.25, -0.2) is 14.3 Å². The summed E-state index contributed by atoms with van der Waals surface area (Å²) in [5, 5.41) is 15.8. The zero-order valence-corrected chi connectivity index (χ0v) is 16.5. The molecule has 0 saturated carbocycles. The first-order valence-electron chi connectivity index (χ1n) is 8.72. The molecule has 6 nitrogen and oxygen atoms in total. The molecule has 0 amide bonds. The van der Waals surface area contributed by atoms with E-state index in [9.17, 15) is 9.90 Å². The summed E-state index contributed by atoms with van der Waals surface area (Å²) in [4.78, 5) is 16.5. The minimum atomic E-state index is -1.40. The Morgan fingerprint density at radius 2 is 2.07 bits per heavy atom. The fourth-order valence-corrected chi connectivity index (χ4v) is 3.35. The highest BCUT2D eigenvalue weighted by Gasteiger charge is 2.27. The Kier molecular flexibility index (Phi) is 5.48. The van der Waals surface area contributed by atoms with Crippen molar-refractivity contribution in [3.63, 3.8) is 0 Å². The molecule has 1 unspecified atom stereocenters. The number of carbonyl (C=O) groups excluding carboxylic acids is 1. The lowest BCUT2D eigenvalue weighted by Crippen LogP contribution is -2.20. The van der Waals surface area contributed by atoms with E-state index in [4.69, 9.17) is 16.3 Å². The molecule has 2 heterocycles. The Morgan fingerprint density at radius 3 is 2.70 bits per heavy atom. The number of aliphatic hydroxyl groups excluding tert-OH is 1. The van der Waals surface area contributed by atoms with Crippen molar-refractivity contribution in [2.24, 2.45) is 5.92 Å². The zero-order valence-electron chi connectivity index (χ0n) is 15.7. The van der Waals surface area contributed by atoms with E-state index in [0.717, 1.165) is 17.0 Å². The van der Waals surface area contributed by atoms with Crippen molar-refractivity contribution in [3.05, 3.63) is 52.3 Å². The smallest absolute Gasteiger partial charge is 0.339 e. The summed E-state index contributed by atoms with van der Waals surface area (Å²) < 4.78 is 6.42. The number of halogens is 1. The summed E-state index contributed by atoms with van der Waals surface area (Å²) in [6, 6.07) is 9.30. The maximum Gasteiger partial charge on any atom is 0.339 e. The fraction of sp³-hybridized carbons (Fsp3) is 0.350. The predicted molar refractivity (Wildman–Crippen MR) is 104 cm³/mol. The van der Waals surface area contributed by atoms with Gasteiger partial charge in [0.15, 0.2) is 11.8 Å². The van der Waals surface area contributed by atoms with E-state index in [-0.39, 0.29) is 5.92 Å². The lowest BCUT2D eigenvalue weighted by molar-refractivity contribution is -0.150. The van der Waals surface area contributed by atoms with Gasteiger partial charge in [-0.05, 0) is 31.4 Å². The van der Waals surface area contributed by atoms with Crippen LogP contribution < -0.4 is 0 Å². The van der Waals surface area contributed by atoms with E-state index >= 15 is 0 Å². The van der Waals surface area contributed by atoms with Gasteiger partial charge < -0.3 is 9.84 Å². The van der Waals surface area contributed by atoms with Crippen molar-refractivity contribution in [2.45, 2.75) is 33.3 Å². The van der Waals surface area contributed by atoms with Crippen LogP contribution in [0.5, 0.6) is 0 Å². The zero-order chi connectivity index (χ0) is 19.7. The number of aryl methyl sites for hydroxylation is 1. The van der Waals surface area contributed by atoms with Crippen molar-refractivity contribution < 1.29 is 14.6 Å². The summed E-state index contributed by atoms with van der Waals surface area (Å²) in [6.07, 6.45) is -0.778. The normalized spacial score (nSPS) is 12.6. The minimum Gasteiger partial charge on any atom is -0.467 e. The summed E-state index contributed by atoms with van der Waals surface area (Å²) in [5.74, 6) is -0.427. The van der Waals surface area contributed by atoms with Gasteiger partial charge in [-0.2, -0.15) is 5.10 Å². The third kappa shape index (κ3) is 3.82. The Bertz CT molecular complexity index is 998. The highest BCUT2D eigenvalue weighted by molar-refractivity contribution is 6.30. The molecule has 0 aliphatic heterocycles. The van der Waals surface area contributed by atoms with E-state index in [2.05, 4.69) is 23.9 Å². The number of hydrogen-bond donors (Lipinski definition) is 1. The molecule has 2 aromatic heterocycles. The molecule has 0 fully saturated rings. The highest BCUT2D eigenvalue weighted by Crippen LogP contribution is 2.28. The number of rotatable bonds is 5. The van der Waals surface area contributed by atoms with Gasteiger partial charge in [-0.1, -0.05) is 37.6 Å². The number of benzene rings is 1. The molecule has 0 radical (unpaired) electrons. The Balaban J connectivity index is 2.24. The van der Waals surface area contributed by atoms with E-state index < -0.39 is 12.1 Å². The van der Waals surface area contributed by atoms with Crippen LogP contribution in [-0.2, 0) is 16.0 Å². The molecule has 142 valence electrons. The van der Waals surface area contributed by atoms with Crippen LogP contribution in [0.3, 0.4) is 0 Å². The average molecular weight is 388 g/mol. The largest absolute Gasteiger partial charge is 0.467 e. The van der Waals surface area contributed by atoms with Crippen LogP contribution in [0.1, 0.15) is 36.9 Å². The van der Waals surface area contributed by atoms with Gasteiger partial charge >= 0.3 is 5.97 Å². The van der Waals surface area contributed by atoms with Crippen LogP contribution in [0.25, 0.3) is 16.9 Å². The predicted octanol–water partition coefficient (Wildman–Crippen LogP) is 3.76. The van der Waals surface area contributed by atoms with Crippen LogP contribution in [0.4, 0.5) is 0 Å². The average Bonchev–Trinajstić information content (AvgIpc) is 3.04. The second-order valence-electron chi connectivity index (χ2n) is 6.89. The Hall–Kier alpha value is -2.44. The Morgan fingerprint density at radius 1 is 1.33 bits per heavy atom. The van der Waals surface area contributed by atoms with Crippen LogP contribution in [0, 0.1) is 12.8 Å². The highest BCUT2D eigenvalue weighted by atomic mass is 35.5. The number of hydrogen-bond acceptors (Lipinski definition) is 5. The van der Waals surface area contributed by atoms with Gasteiger partial charge in [0.2, 0.25) is 0 Å². The minimum absolute atomic E-state index is 0.289. The molecule has 1 atom stereocenters. The first kappa shape index (κ1) is 19.3. The molecule has 7 heteroatoms. The van der Waals surface area contributed by atoms with Crippen molar-refractivity contribution in [1.29, 1.82) is 0 Å². The first-order valence-corrected chi connectivity index (χ1v) is 9.10. The number of aliphatic hydroxyl groups is 1. The maximum absolute atomic E-state index is 12.0. The third-order valence-corrected chi connectivity index (χ3v) is 4.58. The Labute approximate surface area is 162 Å². The van der Waals surface area contributed by atoms with E-state index in [1.54, 1.807) is 17.5 Å². The van der Waals surface area contributed by atoms with Crippen LogP contribution in [0.15, 0.2) is 30.3 Å². The van der Waals surface area contributed by atoms with Crippen LogP contribution >= 0.6 is 11.6 Å². The van der Waals surface area contributed by atoms with Gasteiger partial charge in [0.05, 0.1) is 18.5 Å². The van der Waals surface area contributed by atoms with Crippen molar-refractivity contribution in [1.82, 2.24) is 14.6 Å². The molecule has 0 aliphatic carbocycles. The summed E-state index contributed by atoms with van der Waals surface area (Å²) in [6.45, 7) is 5.91. The van der Waals surface area contributed by atoms with Crippen LogP contribution in [-0.4, -0.2) is 32.8 Å². The van der Waals surface area contributed by atoms with Gasteiger partial charge in [-0.15, -0.1) is 0 Å². The van der Waals surface area contributed by atoms with Gasteiger partial charge in [-0.3, -0.25) is 0 Å². The molecule has 0 aliphatic rings. The molecule has 0 spiro atoms. The molecule has 3 aromatic rings. The maximum atomic E-state index is 12.0. The van der Waals surface area contributed by atoms with Gasteiger partial charge in [0.25, 0.3) is 0 Å². The van der Waals surface area contributed by atoms with Crippen molar-refractivity contribution in [2.75, 3.05) is 7.11 Å². The molecular formula is C20H22ClN3O3. The molecule has 1 aromatic carbocycles. The molecular weight excluding hydrogens is 366 g/mol. The lowest BCUT2D eigenvalue weighted by atomic mass is 9.98. The number of esters is 1. The van der Waals surface area contributed by atoms with Crippen LogP contribution in [0.2, 0.25) is 5.02 Å². The van der Waals surface area contributed by atoms with Gasteiger partial charge in [0, 0.05) is 27.9 Å². The second-order valence-corrected chi connectivity index (χ2v) is 7.33. The number of fused-ring (bicyclic) bond motifs is 1. The molecule has 27 heavy (non-hydrogen) atoms. The number of aromatic nitrogens is 3. The topological polar surface area (TPSA) is 76.7 Å². The summed E-state index contributed by atoms with van der Waals surface area (Å²) in [5.41, 5.74) is 4.02. The number of carbonyl (C=O) groups is 1. The third-order valence-electron chi connectivity index (χ3n) is 4.35. The first-order chi connectivity index (χ1) is 12.8. The number of nitrogens with zero attached hydrogens (tertiary/aromatic N) is 3. The SMILES string of the molecule is COC(=O)C(O)c1c(C)nc2cc(-c3cccc(Cl)c3)nn2c1CC(C)C. The van der Waals surface area contributed by atoms with Gasteiger partial charge in [0.1, 0.15) is 0 Å². The van der Waals surface area contributed by atoms with E-state index in [1.807, 2.05) is 24.3 Å². The van der Waals surface area contributed by atoms with E-state index in [1.165, 1.54) is 7.11 Å². The second kappa shape index (κ2) is 7.66. The summed E-state index contributed by atoms with van der Waals surface area (Å²) >= 11 is 6.10. The molecule has 3 rings (SSSR count). The molecule has 1 N–H and O–H groups in total. The van der Waals surface area contributed by atoms with E-state index in [0.29, 0.717) is 28.3 Å². The van der Waals surface area contributed by atoms with Crippen molar-refractivity contribution in [3.8, 4) is 11.3 Å². The lowest BCUT2D eigenvalue weighted by Gasteiger charge is -2.18. The number of ether oxygens (including phenoxy) is 1. The summed E-state index contributed by atoms with van der Waals surface area (Å²) in [7, 11) is 1.25. The fourth-order valence-electron chi connectivity index (χ4n) is 3.16. The van der Waals surface area contributed by atoms with Crippen molar-refractivity contribution >= 4 is 23.2 Å². The number of methoxy groups -OCH3 is 1.